The molecule has 0 radical (unpaired) electrons. The normalized spacial score (nSPS) is 11.4. The molecule has 1 aromatic heterocycles. The molecule has 2 nitrogen and oxygen atoms in total. The molecule has 3 aromatic rings. The van der Waals surface area contributed by atoms with Crippen molar-refractivity contribution in [1.82, 2.24) is 4.57 Å². The lowest BCUT2D eigenvalue weighted by Crippen LogP contribution is -2.05. The Morgan fingerprint density at radius 1 is 1.04 bits per heavy atom. The lowest BCUT2D eigenvalue weighted by molar-refractivity contribution is 0.926. The van der Waals surface area contributed by atoms with Gasteiger partial charge in [-0.1, -0.05) is 37.3 Å². The van der Waals surface area contributed by atoms with Gasteiger partial charge in [0, 0.05) is 28.1 Å². The van der Waals surface area contributed by atoms with Gasteiger partial charge in [-0.15, -0.1) is 11.8 Å². The summed E-state index contributed by atoms with van der Waals surface area (Å²) in [6, 6.07) is 17.1. The summed E-state index contributed by atoms with van der Waals surface area (Å²) in [5, 5.41) is 0. The average Bonchev–Trinajstić information content (AvgIpc) is 2.93. The smallest absolute Gasteiger partial charge is 0.0765 e. The zero-order valence-electron chi connectivity index (χ0n) is 16.2. The van der Waals surface area contributed by atoms with Crippen molar-refractivity contribution in [2.45, 2.75) is 39.0 Å². The highest BCUT2D eigenvalue weighted by Gasteiger charge is 2.14. The van der Waals surface area contributed by atoms with Crippen LogP contribution in [-0.2, 0) is 6.42 Å². The molecule has 0 saturated heterocycles. The minimum absolute atomic E-state index is 1.02. The predicted molar refractivity (Wildman–Crippen MR) is 115 cm³/mol. The number of benzene rings is 2. The van der Waals surface area contributed by atoms with Crippen LogP contribution in [0.25, 0.3) is 5.69 Å². The van der Waals surface area contributed by atoms with Crippen molar-refractivity contribution in [3.8, 4) is 5.69 Å². The molecule has 0 aliphatic carbocycles. The fourth-order valence-electron chi connectivity index (χ4n) is 3.46. The number of aliphatic imine (C=N–C) groups is 1. The largest absolute Gasteiger partial charge is 0.317 e. The van der Waals surface area contributed by atoms with Crippen molar-refractivity contribution in [2.75, 3.05) is 6.26 Å². The molecule has 0 spiro atoms. The third kappa shape index (κ3) is 3.49. The van der Waals surface area contributed by atoms with Crippen LogP contribution < -0.4 is 0 Å². The zero-order valence-corrected chi connectivity index (χ0v) is 17.0. The van der Waals surface area contributed by atoms with Crippen molar-refractivity contribution in [3.05, 3.63) is 76.6 Å². The first-order valence-corrected chi connectivity index (χ1v) is 10.2. The molecule has 0 N–H and O–H groups in total. The predicted octanol–water partition coefficient (Wildman–Crippen LogP) is 6.44. The summed E-state index contributed by atoms with van der Waals surface area (Å²) in [4.78, 5) is 5.96. The van der Waals surface area contributed by atoms with Gasteiger partial charge in [-0.05, 0) is 62.8 Å². The lowest BCUT2D eigenvalue weighted by atomic mass is 10.1. The standard InChI is InChI=1S/C23H26N2S/c1-6-19-11-9-10-16(2)23(19)25-17(3)14-20(18(25)4)15-24-21-12-7-8-13-22(21)26-5/h7-15H,6H2,1-5H3. The van der Waals surface area contributed by atoms with Gasteiger partial charge in [-0.3, -0.25) is 4.99 Å². The third-order valence-electron chi connectivity index (χ3n) is 4.82. The van der Waals surface area contributed by atoms with Crippen LogP contribution in [0, 0.1) is 20.8 Å². The van der Waals surface area contributed by atoms with E-state index in [1.165, 1.54) is 38.7 Å². The van der Waals surface area contributed by atoms with Gasteiger partial charge in [-0.25, -0.2) is 0 Å². The Hall–Kier alpha value is -2.26. The van der Waals surface area contributed by atoms with Crippen molar-refractivity contribution in [3.63, 3.8) is 0 Å². The fourth-order valence-corrected chi connectivity index (χ4v) is 4.01. The first-order valence-electron chi connectivity index (χ1n) is 9.01. The number of hydrogen-bond acceptors (Lipinski definition) is 2. The van der Waals surface area contributed by atoms with Crippen LogP contribution in [0.1, 0.15) is 35.0 Å². The zero-order chi connectivity index (χ0) is 18.7. The Morgan fingerprint density at radius 3 is 2.54 bits per heavy atom. The molecule has 0 saturated carbocycles. The van der Waals surface area contributed by atoms with E-state index < -0.39 is 0 Å². The van der Waals surface area contributed by atoms with Gasteiger partial charge in [0.15, 0.2) is 0 Å². The van der Waals surface area contributed by atoms with Gasteiger partial charge >= 0.3 is 0 Å². The molecular weight excluding hydrogens is 336 g/mol. The number of para-hydroxylation sites is 2. The van der Waals surface area contributed by atoms with Crippen LogP contribution in [-0.4, -0.2) is 17.0 Å². The van der Waals surface area contributed by atoms with Crippen molar-refractivity contribution < 1.29 is 0 Å². The lowest BCUT2D eigenvalue weighted by Gasteiger charge is -2.17. The van der Waals surface area contributed by atoms with Gasteiger partial charge in [0.25, 0.3) is 0 Å². The summed E-state index contributed by atoms with van der Waals surface area (Å²) in [6.07, 6.45) is 5.11. The molecule has 0 atom stereocenters. The molecule has 0 bridgehead atoms. The molecule has 2 aromatic carbocycles. The second-order valence-electron chi connectivity index (χ2n) is 6.53. The molecule has 0 aliphatic heterocycles. The van der Waals surface area contributed by atoms with Crippen molar-refractivity contribution in [2.24, 2.45) is 4.99 Å². The van der Waals surface area contributed by atoms with E-state index in [-0.39, 0.29) is 0 Å². The van der Waals surface area contributed by atoms with Crippen molar-refractivity contribution in [1.29, 1.82) is 0 Å². The number of aryl methyl sites for hydroxylation is 3. The Kier molecular flexibility index (Phi) is 5.67. The van der Waals surface area contributed by atoms with E-state index in [9.17, 15) is 0 Å². The second kappa shape index (κ2) is 7.96. The van der Waals surface area contributed by atoms with Gasteiger partial charge in [0.2, 0.25) is 0 Å². The molecule has 0 fully saturated rings. The minimum atomic E-state index is 1.02. The molecule has 0 unspecified atom stereocenters. The molecular formula is C23H26N2S. The summed E-state index contributed by atoms with van der Waals surface area (Å²) in [6.45, 7) is 8.76. The highest BCUT2D eigenvalue weighted by atomic mass is 32.2. The number of nitrogens with zero attached hydrogens (tertiary/aromatic N) is 2. The Morgan fingerprint density at radius 2 is 1.81 bits per heavy atom. The van der Waals surface area contributed by atoms with Crippen LogP contribution in [0.2, 0.25) is 0 Å². The highest BCUT2D eigenvalue weighted by Crippen LogP contribution is 2.29. The Labute approximate surface area is 161 Å². The molecule has 3 heteroatoms. The number of aromatic nitrogens is 1. The fraction of sp³-hybridized carbons (Fsp3) is 0.261. The van der Waals surface area contributed by atoms with Gasteiger partial charge in [-0.2, -0.15) is 0 Å². The Bertz CT molecular complexity index is 951. The maximum Gasteiger partial charge on any atom is 0.0765 e. The first kappa shape index (κ1) is 18.5. The van der Waals surface area contributed by atoms with Gasteiger partial charge in [0.05, 0.1) is 11.4 Å². The summed E-state index contributed by atoms with van der Waals surface area (Å²) >= 11 is 1.73. The molecule has 0 aliphatic rings. The summed E-state index contributed by atoms with van der Waals surface area (Å²) < 4.78 is 2.37. The second-order valence-corrected chi connectivity index (χ2v) is 7.38. The quantitative estimate of drug-likeness (QED) is 0.377. The molecule has 0 amide bonds. The monoisotopic (exact) mass is 362 g/mol. The van der Waals surface area contributed by atoms with E-state index in [1.807, 2.05) is 12.3 Å². The maximum atomic E-state index is 4.76. The minimum Gasteiger partial charge on any atom is -0.317 e. The van der Waals surface area contributed by atoms with E-state index >= 15 is 0 Å². The summed E-state index contributed by atoms with van der Waals surface area (Å²) in [5.41, 5.74) is 8.67. The number of thioether (sulfide) groups is 1. The molecule has 3 rings (SSSR count). The Balaban J connectivity index is 2.06. The van der Waals surface area contributed by atoms with Crippen LogP contribution in [0.15, 0.2) is 58.4 Å². The van der Waals surface area contributed by atoms with Crippen LogP contribution in [0.5, 0.6) is 0 Å². The van der Waals surface area contributed by atoms with Gasteiger partial charge in [0.1, 0.15) is 0 Å². The molecule has 26 heavy (non-hydrogen) atoms. The highest BCUT2D eigenvalue weighted by molar-refractivity contribution is 7.98. The van der Waals surface area contributed by atoms with Crippen molar-refractivity contribution >= 4 is 23.7 Å². The van der Waals surface area contributed by atoms with E-state index in [2.05, 4.69) is 81.0 Å². The van der Waals surface area contributed by atoms with Crippen LogP contribution >= 0.6 is 11.8 Å². The topological polar surface area (TPSA) is 17.3 Å². The number of rotatable bonds is 5. The van der Waals surface area contributed by atoms with Gasteiger partial charge < -0.3 is 4.57 Å². The number of hydrogen-bond donors (Lipinski definition) is 0. The SMILES string of the molecule is CCc1cccc(C)c1-n1c(C)cc(C=Nc2ccccc2SC)c1C. The molecule has 1 heterocycles. The van der Waals surface area contributed by atoms with Crippen LogP contribution in [0.3, 0.4) is 0 Å². The first-order chi connectivity index (χ1) is 12.6. The summed E-state index contributed by atoms with van der Waals surface area (Å²) in [5.74, 6) is 0. The summed E-state index contributed by atoms with van der Waals surface area (Å²) in [7, 11) is 0. The van der Waals surface area contributed by atoms with Crippen LogP contribution in [0.4, 0.5) is 5.69 Å². The molecule has 134 valence electrons. The van der Waals surface area contributed by atoms with E-state index in [1.54, 1.807) is 11.8 Å². The maximum absolute atomic E-state index is 4.76. The average molecular weight is 363 g/mol. The third-order valence-corrected chi connectivity index (χ3v) is 5.61. The van der Waals surface area contributed by atoms with E-state index in [0.717, 1.165) is 12.1 Å². The van der Waals surface area contributed by atoms with E-state index in [4.69, 9.17) is 4.99 Å². The van der Waals surface area contributed by atoms with E-state index in [0.29, 0.717) is 0 Å².